The molecule has 1 unspecified atom stereocenters. The highest BCUT2D eigenvalue weighted by Crippen LogP contribution is 2.24. The van der Waals surface area contributed by atoms with Gasteiger partial charge in [-0.3, -0.25) is 9.78 Å². The second kappa shape index (κ2) is 8.19. The van der Waals surface area contributed by atoms with E-state index in [9.17, 15) is 13.2 Å². The third kappa shape index (κ3) is 4.20. The second-order valence-corrected chi connectivity index (χ2v) is 8.81. The summed E-state index contributed by atoms with van der Waals surface area (Å²) in [5, 5.41) is 0. The number of amides is 1. The minimum atomic E-state index is -3.56. The highest BCUT2D eigenvalue weighted by atomic mass is 32.2. The first-order chi connectivity index (χ1) is 12.9. The fourth-order valence-corrected chi connectivity index (χ4v) is 4.83. The van der Waals surface area contributed by atoms with Crippen LogP contribution in [-0.4, -0.2) is 48.7 Å². The summed E-state index contributed by atoms with van der Waals surface area (Å²) in [5.74, 6) is -0.220. The van der Waals surface area contributed by atoms with Crippen molar-refractivity contribution < 1.29 is 13.2 Å². The van der Waals surface area contributed by atoms with Crippen molar-refractivity contribution in [1.82, 2.24) is 14.2 Å². The highest BCUT2D eigenvalue weighted by molar-refractivity contribution is 7.89. The fraction of sp³-hybridized carbons (Fsp3) is 0.400. The van der Waals surface area contributed by atoms with E-state index in [1.807, 2.05) is 19.1 Å². The molecule has 0 N–H and O–H groups in total. The van der Waals surface area contributed by atoms with E-state index in [-0.39, 0.29) is 16.8 Å². The first-order valence-corrected chi connectivity index (χ1v) is 10.6. The summed E-state index contributed by atoms with van der Waals surface area (Å²) in [5.41, 5.74) is 1.29. The predicted octanol–water partition coefficient (Wildman–Crippen LogP) is 3.09. The highest BCUT2D eigenvalue weighted by Gasteiger charge is 2.27. The lowest BCUT2D eigenvalue weighted by Gasteiger charge is -2.27. The molecule has 0 spiro atoms. The Morgan fingerprint density at radius 3 is 2.56 bits per heavy atom. The molecule has 1 aromatic carbocycles. The molecular formula is C20H25N3O3S. The van der Waals surface area contributed by atoms with Gasteiger partial charge in [0.15, 0.2) is 0 Å². The molecule has 1 atom stereocenters. The Morgan fingerprint density at radius 2 is 1.89 bits per heavy atom. The lowest BCUT2D eigenvalue weighted by Crippen LogP contribution is -2.35. The molecule has 7 heteroatoms. The van der Waals surface area contributed by atoms with Crippen LogP contribution >= 0.6 is 0 Å². The molecule has 1 saturated heterocycles. The van der Waals surface area contributed by atoms with Gasteiger partial charge in [0.2, 0.25) is 10.0 Å². The molecule has 0 bridgehead atoms. The van der Waals surface area contributed by atoms with Crippen LogP contribution in [-0.2, 0) is 10.0 Å². The number of nitrogens with zero attached hydrogens (tertiary/aromatic N) is 3. The number of hydrogen-bond donors (Lipinski definition) is 0. The molecule has 27 heavy (non-hydrogen) atoms. The number of benzene rings is 1. The van der Waals surface area contributed by atoms with Crippen LogP contribution in [0, 0.1) is 0 Å². The quantitative estimate of drug-likeness (QED) is 0.790. The molecular weight excluding hydrogens is 362 g/mol. The molecule has 0 aliphatic carbocycles. The zero-order valence-electron chi connectivity index (χ0n) is 15.7. The third-order valence-electron chi connectivity index (χ3n) is 5.10. The monoisotopic (exact) mass is 387 g/mol. The molecule has 2 heterocycles. The normalized spacial score (nSPS) is 16.7. The lowest BCUT2D eigenvalue weighted by atomic mass is 10.1. The van der Waals surface area contributed by atoms with Gasteiger partial charge in [-0.05, 0) is 49.6 Å². The molecule has 1 aliphatic rings. The van der Waals surface area contributed by atoms with Gasteiger partial charge >= 0.3 is 0 Å². The maximum atomic E-state index is 12.9. The molecule has 0 radical (unpaired) electrons. The second-order valence-electron chi connectivity index (χ2n) is 6.87. The van der Waals surface area contributed by atoms with Crippen molar-refractivity contribution >= 4 is 15.9 Å². The molecule has 1 amide bonds. The fourth-order valence-electron chi connectivity index (χ4n) is 3.27. The molecule has 0 saturated carbocycles. The maximum absolute atomic E-state index is 12.9. The van der Waals surface area contributed by atoms with Crippen molar-refractivity contribution in [1.29, 1.82) is 0 Å². The maximum Gasteiger partial charge on any atom is 0.254 e. The van der Waals surface area contributed by atoms with Gasteiger partial charge in [0.1, 0.15) is 0 Å². The van der Waals surface area contributed by atoms with Crippen LogP contribution in [0.4, 0.5) is 0 Å². The summed E-state index contributed by atoms with van der Waals surface area (Å²) < 4.78 is 27.3. The largest absolute Gasteiger partial charge is 0.335 e. The smallest absolute Gasteiger partial charge is 0.254 e. The molecule has 144 valence electrons. The van der Waals surface area contributed by atoms with Gasteiger partial charge in [0.25, 0.3) is 5.91 Å². The molecule has 1 aromatic heterocycles. The van der Waals surface area contributed by atoms with Crippen LogP contribution in [0.3, 0.4) is 0 Å². The topological polar surface area (TPSA) is 70.6 Å². The Hall–Kier alpha value is -2.25. The van der Waals surface area contributed by atoms with Gasteiger partial charge in [-0.15, -0.1) is 0 Å². The van der Waals surface area contributed by atoms with Crippen molar-refractivity contribution in [3.05, 3.63) is 59.9 Å². The number of sulfonamides is 1. The van der Waals surface area contributed by atoms with Gasteiger partial charge < -0.3 is 4.90 Å². The summed E-state index contributed by atoms with van der Waals surface area (Å²) in [6, 6.07) is 9.91. The van der Waals surface area contributed by atoms with Gasteiger partial charge in [-0.1, -0.05) is 18.6 Å². The van der Waals surface area contributed by atoms with Crippen molar-refractivity contribution in [2.75, 3.05) is 20.1 Å². The number of aromatic nitrogens is 1. The third-order valence-corrected chi connectivity index (χ3v) is 7.00. The Balaban J connectivity index is 1.83. The predicted molar refractivity (Wildman–Crippen MR) is 104 cm³/mol. The Kier molecular flexibility index (Phi) is 5.92. The lowest BCUT2D eigenvalue weighted by molar-refractivity contribution is 0.0742. The van der Waals surface area contributed by atoms with Crippen LogP contribution < -0.4 is 0 Å². The molecule has 6 nitrogen and oxygen atoms in total. The standard InChI is InChI=1S/C20H25N3O3S/c1-16(18-9-7-11-21-15-18)22(2)20(24)17-8-6-10-19(14-17)27(25,26)23-12-4-3-5-13-23/h6-11,14-16H,3-5,12-13H2,1-2H3. The van der Waals surface area contributed by atoms with E-state index in [1.54, 1.807) is 42.5 Å². The number of carbonyl (C=O) groups is 1. The van der Waals surface area contributed by atoms with Crippen LogP contribution in [0.15, 0.2) is 53.7 Å². The summed E-state index contributed by atoms with van der Waals surface area (Å²) in [6.45, 7) is 3.00. The zero-order valence-corrected chi connectivity index (χ0v) is 16.5. The number of hydrogen-bond acceptors (Lipinski definition) is 4. The van der Waals surface area contributed by atoms with Crippen molar-refractivity contribution in [2.24, 2.45) is 0 Å². The first-order valence-electron chi connectivity index (χ1n) is 9.18. The van der Waals surface area contributed by atoms with Crippen molar-refractivity contribution in [2.45, 2.75) is 37.1 Å². The molecule has 1 aliphatic heterocycles. The Labute approximate surface area is 160 Å². The van der Waals surface area contributed by atoms with Gasteiger partial charge in [0, 0.05) is 38.1 Å². The van der Waals surface area contributed by atoms with Crippen LogP contribution in [0.1, 0.15) is 48.1 Å². The van der Waals surface area contributed by atoms with Crippen LogP contribution in [0.5, 0.6) is 0 Å². The SMILES string of the molecule is CC(c1cccnc1)N(C)C(=O)c1cccc(S(=O)(=O)N2CCCCC2)c1. The average Bonchev–Trinajstić information content (AvgIpc) is 2.73. The average molecular weight is 388 g/mol. The zero-order chi connectivity index (χ0) is 19.4. The van der Waals surface area contributed by atoms with E-state index in [2.05, 4.69) is 4.98 Å². The molecule has 1 fully saturated rings. The van der Waals surface area contributed by atoms with E-state index in [0.29, 0.717) is 18.7 Å². The number of piperidine rings is 1. The summed E-state index contributed by atoms with van der Waals surface area (Å²) in [4.78, 5) is 18.8. The van der Waals surface area contributed by atoms with Crippen molar-refractivity contribution in [3.8, 4) is 0 Å². The van der Waals surface area contributed by atoms with E-state index in [0.717, 1.165) is 24.8 Å². The number of carbonyl (C=O) groups excluding carboxylic acids is 1. The van der Waals surface area contributed by atoms with Crippen LogP contribution in [0.25, 0.3) is 0 Å². The van der Waals surface area contributed by atoms with E-state index >= 15 is 0 Å². The summed E-state index contributed by atoms with van der Waals surface area (Å²) in [7, 11) is -1.85. The van der Waals surface area contributed by atoms with Gasteiger partial charge in [0.05, 0.1) is 10.9 Å². The minimum Gasteiger partial charge on any atom is -0.335 e. The van der Waals surface area contributed by atoms with Gasteiger partial charge in [-0.25, -0.2) is 8.42 Å². The van der Waals surface area contributed by atoms with E-state index < -0.39 is 10.0 Å². The summed E-state index contributed by atoms with van der Waals surface area (Å²) >= 11 is 0. The minimum absolute atomic E-state index is 0.173. The van der Waals surface area contributed by atoms with E-state index in [1.165, 1.54) is 10.4 Å². The van der Waals surface area contributed by atoms with Gasteiger partial charge in [-0.2, -0.15) is 4.31 Å². The molecule has 3 rings (SSSR count). The van der Waals surface area contributed by atoms with Crippen LogP contribution in [0.2, 0.25) is 0 Å². The Bertz CT molecular complexity index is 894. The summed E-state index contributed by atoms with van der Waals surface area (Å²) in [6.07, 6.45) is 6.23. The number of rotatable bonds is 5. The Morgan fingerprint density at radius 1 is 1.15 bits per heavy atom. The van der Waals surface area contributed by atoms with Crippen molar-refractivity contribution in [3.63, 3.8) is 0 Å². The number of pyridine rings is 1. The van der Waals surface area contributed by atoms with E-state index in [4.69, 9.17) is 0 Å². The first kappa shape index (κ1) is 19.5. The molecule has 2 aromatic rings.